The van der Waals surface area contributed by atoms with Crippen molar-refractivity contribution in [3.8, 4) is 5.75 Å². The topological polar surface area (TPSA) is 126 Å². The Hall–Kier alpha value is -5.30. The second-order valence-electron chi connectivity index (χ2n) is 16.3. The zero-order chi connectivity index (χ0) is 40.2. The number of amides is 3. The van der Waals surface area contributed by atoms with Crippen molar-refractivity contribution in [2.45, 2.75) is 88.8 Å². The number of carbonyl (C=O) groups is 4. The summed E-state index contributed by atoms with van der Waals surface area (Å²) in [6.45, 7) is 8.46. The molecule has 57 heavy (non-hydrogen) atoms. The first-order valence-electron chi connectivity index (χ1n) is 19.7. The van der Waals surface area contributed by atoms with Crippen molar-refractivity contribution in [1.82, 2.24) is 4.90 Å². The highest BCUT2D eigenvalue weighted by atomic mass is 28.3. The molecule has 4 aromatic rings. The molecule has 1 unspecified atom stereocenters. The molecule has 4 heterocycles. The predicted octanol–water partition coefficient (Wildman–Crippen LogP) is 5.42. The Morgan fingerprint density at radius 1 is 0.930 bits per heavy atom. The highest BCUT2D eigenvalue weighted by Crippen LogP contribution is 2.60. The number of carbonyl (C=O) groups excluding carboxylic acids is 4. The van der Waals surface area contributed by atoms with Crippen LogP contribution in [0, 0.1) is 5.92 Å². The molecule has 1 spiro atoms. The molecule has 1 N–H and O–H groups in total. The Morgan fingerprint density at radius 2 is 1.65 bits per heavy atom. The van der Waals surface area contributed by atoms with E-state index in [1.807, 2.05) is 72.8 Å². The Balaban J connectivity index is 1.15. The van der Waals surface area contributed by atoms with Gasteiger partial charge in [0.2, 0.25) is 11.8 Å². The van der Waals surface area contributed by atoms with Crippen LogP contribution in [0.1, 0.15) is 48.9 Å². The summed E-state index contributed by atoms with van der Waals surface area (Å²) in [4.78, 5) is 59.3. The van der Waals surface area contributed by atoms with Crippen LogP contribution in [0.4, 0.5) is 11.4 Å². The number of hydrogen-bond acceptors (Lipinski definition) is 8. The van der Waals surface area contributed by atoms with Crippen molar-refractivity contribution in [3.05, 3.63) is 119 Å². The van der Waals surface area contributed by atoms with Gasteiger partial charge < -0.3 is 29.1 Å². The number of nitrogens with zero attached hydrogens (tertiary/aromatic N) is 3. The second kappa shape index (κ2) is 14.9. The summed E-state index contributed by atoms with van der Waals surface area (Å²) in [6.07, 6.45) is -0.515. The van der Waals surface area contributed by atoms with Crippen molar-refractivity contribution in [2.75, 3.05) is 23.5 Å². The fourth-order valence-corrected chi connectivity index (χ4v) is 13.9. The van der Waals surface area contributed by atoms with Gasteiger partial charge in [-0.2, -0.15) is 0 Å². The lowest BCUT2D eigenvalue weighted by Crippen LogP contribution is -2.54. The summed E-state index contributed by atoms with van der Waals surface area (Å²) in [5, 5.41) is 11.6. The van der Waals surface area contributed by atoms with Crippen LogP contribution in [0.3, 0.4) is 0 Å². The Kier molecular flexibility index (Phi) is 10.1. The summed E-state index contributed by atoms with van der Waals surface area (Å²) < 4.78 is 18.1. The van der Waals surface area contributed by atoms with Crippen LogP contribution >= 0.6 is 0 Å². The van der Waals surface area contributed by atoms with Gasteiger partial charge in [0.25, 0.3) is 5.91 Å². The minimum absolute atomic E-state index is 0.0624. The first-order chi connectivity index (χ1) is 27.4. The van der Waals surface area contributed by atoms with Crippen LogP contribution in [-0.2, 0) is 53.8 Å². The molecule has 2 saturated heterocycles. The van der Waals surface area contributed by atoms with Crippen LogP contribution < -0.4 is 19.7 Å². The molecule has 4 aliphatic rings. The van der Waals surface area contributed by atoms with E-state index in [1.54, 1.807) is 23.0 Å². The zero-order valence-corrected chi connectivity index (χ0v) is 34.0. The Bertz CT molecular complexity index is 2230. The van der Waals surface area contributed by atoms with Gasteiger partial charge in [-0.15, -0.1) is 0 Å². The standard InChI is InChI=1S/C45H49N3O8Si/c1-28-43(57(4,5)36-19-17-35(54-3)18-20-36)39(23-40(51)46-26-32-13-7-6-12-31(32)22-34(46)27-49)56-45(28)37-15-8-9-16-38(37)47(44(45)53)25-30-11-10-14-33(21-30)48-41(52)24-42(48)55-29(2)50/h6-21,28,34,39,42-43,49H,22-27H2,1-5H3/t28-,34+,39+,42?,43-,45+/m1/s1. The van der Waals surface area contributed by atoms with Crippen LogP contribution in [0.5, 0.6) is 5.75 Å². The van der Waals surface area contributed by atoms with E-state index in [1.165, 1.54) is 17.0 Å². The van der Waals surface area contributed by atoms with Gasteiger partial charge in [0.15, 0.2) is 11.8 Å². The summed E-state index contributed by atoms with van der Waals surface area (Å²) in [5.41, 5.74) is 3.56. The van der Waals surface area contributed by atoms with E-state index in [0.717, 1.165) is 33.7 Å². The van der Waals surface area contributed by atoms with Gasteiger partial charge in [-0.25, -0.2) is 0 Å². The molecule has 0 bridgehead atoms. The third kappa shape index (κ3) is 6.53. The maximum absolute atomic E-state index is 15.3. The molecule has 3 amide bonds. The van der Waals surface area contributed by atoms with Gasteiger partial charge in [-0.3, -0.25) is 24.1 Å². The molecule has 296 valence electrons. The number of ether oxygens (including phenoxy) is 3. The van der Waals surface area contributed by atoms with E-state index < -0.39 is 32.0 Å². The molecule has 12 heteroatoms. The minimum atomic E-state index is -2.54. The molecular formula is C45H49N3O8Si. The average Bonchev–Trinajstić information content (AvgIpc) is 3.62. The largest absolute Gasteiger partial charge is 0.497 e. The molecule has 8 rings (SSSR count). The predicted molar refractivity (Wildman–Crippen MR) is 217 cm³/mol. The number of benzene rings is 4. The molecule has 2 fully saturated rings. The van der Waals surface area contributed by atoms with Crippen molar-refractivity contribution in [2.24, 2.45) is 5.92 Å². The number of rotatable bonds is 10. The molecule has 6 atom stereocenters. The Morgan fingerprint density at radius 3 is 2.35 bits per heavy atom. The highest BCUT2D eigenvalue weighted by molar-refractivity contribution is 6.91. The van der Waals surface area contributed by atoms with E-state index >= 15 is 4.79 Å². The molecule has 11 nitrogen and oxygen atoms in total. The number of esters is 1. The molecule has 0 saturated carbocycles. The summed E-state index contributed by atoms with van der Waals surface area (Å²) in [6, 6.07) is 30.9. The summed E-state index contributed by atoms with van der Waals surface area (Å²) in [5.74, 6) is -0.482. The van der Waals surface area contributed by atoms with Crippen molar-refractivity contribution in [3.63, 3.8) is 0 Å². The van der Waals surface area contributed by atoms with Crippen molar-refractivity contribution < 1.29 is 38.5 Å². The molecule has 0 aliphatic carbocycles. The number of methoxy groups -OCH3 is 1. The molecular weight excluding hydrogens is 739 g/mol. The fourth-order valence-electron chi connectivity index (χ4n) is 9.93. The van der Waals surface area contributed by atoms with E-state index in [2.05, 4.69) is 38.2 Å². The highest BCUT2D eigenvalue weighted by Gasteiger charge is 2.66. The molecule has 0 radical (unpaired) electrons. The minimum Gasteiger partial charge on any atom is -0.497 e. The smallest absolute Gasteiger partial charge is 0.304 e. The van der Waals surface area contributed by atoms with Gasteiger partial charge in [-0.1, -0.05) is 91.9 Å². The number of anilines is 2. The lowest BCUT2D eigenvalue weighted by atomic mass is 9.82. The third-order valence-corrected chi connectivity index (χ3v) is 17.1. The zero-order valence-electron chi connectivity index (χ0n) is 33.0. The van der Waals surface area contributed by atoms with Crippen LogP contribution in [0.15, 0.2) is 97.1 Å². The van der Waals surface area contributed by atoms with E-state index in [-0.39, 0.29) is 61.2 Å². The first kappa shape index (κ1) is 38.6. The molecule has 0 aromatic heterocycles. The van der Waals surface area contributed by atoms with Crippen LogP contribution in [0.25, 0.3) is 0 Å². The monoisotopic (exact) mass is 787 g/mol. The average molecular weight is 788 g/mol. The quantitative estimate of drug-likeness (QED) is 0.128. The molecule has 4 aromatic carbocycles. The number of para-hydroxylation sites is 1. The second-order valence-corrected chi connectivity index (χ2v) is 21.0. The van der Waals surface area contributed by atoms with E-state index in [4.69, 9.17) is 14.2 Å². The van der Waals surface area contributed by atoms with Gasteiger partial charge in [0.05, 0.1) is 59.0 Å². The van der Waals surface area contributed by atoms with Crippen LogP contribution in [-0.4, -0.2) is 73.9 Å². The number of aliphatic hydroxyl groups is 1. The van der Waals surface area contributed by atoms with Gasteiger partial charge >= 0.3 is 5.97 Å². The van der Waals surface area contributed by atoms with E-state index in [9.17, 15) is 19.5 Å². The summed E-state index contributed by atoms with van der Waals surface area (Å²) in [7, 11) is -0.893. The molecule has 4 aliphatic heterocycles. The third-order valence-electron chi connectivity index (χ3n) is 12.7. The number of hydrogen-bond donors (Lipinski definition) is 1. The van der Waals surface area contributed by atoms with Gasteiger partial charge in [0, 0.05) is 30.6 Å². The maximum Gasteiger partial charge on any atom is 0.304 e. The van der Waals surface area contributed by atoms with Crippen molar-refractivity contribution >= 4 is 48.3 Å². The fraction of sp³-hybridized carbons (Fsp3) is 0.378. The maximum atomic E-state index is 15.3. The van der Waals surface area contributed by atoms with Gasteiger partial charge in [0.1, 0.15) is 5.75 Å². The SMILES string of the molecule is COc1ccc([Si](C)(C)[C@H]2[C@H](CC(=O)N3Cc4ccccc4C[C@H]3CO)O[C@@]3(C(=O)N(Cc4cccc(N5C(=O)CC5OC(C)=O)c4)c4ccccc43)[C@@H]2C)cc1. The van der Waals surface area contributed by atoms with Gasteiger partial charge in [-0.05, 0) is 59.0 Å². The normalized spacial score (nSPS) is 25.3. The van der Waals surface area contributed by atoms with E-state index in [0.29, 0.717) is 18.7 Å². The lowest BCUT2D eigenvalue weighted by molar-refractivity contribution is -0.154. The van der Waals surface area contributed by atoms with Crippen molar-refractivity contribution in [1.29, 1.82) is 0 Å². The first-order valence-corrected chi connectivity index (χ1v) is 22.7. The summed E-state index contributed by atoms with van der Waals surface area (Å²) >= 11 is 0. The number of fused-ring (bicyclic) bond motifs is 3. The lowest BCUT2D eigenvalue weighted by Gasteiger charge is -2.39. The van der Waals surface area contributed by atoms with Crippen LogP contribution in [0.2, 0.25) is 18.6 Å². The number of β-lactam (4-membered cyclic amide) rings is 1. The number of aliphatic hydroxyl groups excluding tert-OH is 1. The Labute approximate surface area is 334 Å².